The number of nitrogens with one attached hydrogen (secondary N) is 1. The van der Waals surface area contributed by atoms with Crippen molar-refractivity contribution in [3.8, 4) is 0 Å². The van der Waals surface area contributed by atoms with Crippen LogP contribution in [0.2, 0.25) is 0 Å². The summed E-state index contributed by atoms with van der Waals surface area (Å²) in [6.45, 7) is 10.9. The van der Waals surface area contributed by atoms with Gasteiger partial charge in [0.2, 0.25) is 0 Å². The Kier molecular flexibility index (Phi) is 11.0. The normalized spacial score (nSPS) is 14.7. The lowest BCUT2D eigenvalue weighted by atomic mass is 10.0. The summed E-state index contributed by atoms with van der Waals surface area (Å²) in [6.07, 6.45) is 0.451. The predicted octanol–water partition coefficient (Wildman–Crippen LogP) is 6.19. The quantitative estimate of drug-likeness (QED) is 0.210. The molecular formula is C37H47N5O5. The first-order valence-corrected chi connectivity index (χ1v) is 16.5. The first kappa shape index (κ1) is 33.8. The van der Waals surface area contributed by atoms with E-state index in [1.807, 2.05) is 86.0 Å². The Morgan fingerprint density at radius 3 is 2.00 bits per heavy atom. The average molecular weight is 642 g/mol. The number of nitrogens with zero attached hydrogens (tertiary/aromatic N) is 4. The molecule has 47 heavy (non-hydrogen) atoms. The van der Waals surface area contributed by atoms with E-state index >= 15 is 0 Å². The minimum Gasteiger partial charge on any atom is -0.448 e. The van der Waals surface area contributed by atoms with Crippen LogP contribution in [0.3, 0.4) is 0 Å². The van der Waals surface area contributed by atoms with Gasteiger partial charge in [0.05, 0.1) is 11.0 Å². The highest BCUT2D eigenvalue weighted by Gasteiger charge is 2.29. The summed E-state index contributed by atoms with van der Waals surface area (Å²) in [6, 6.07) is 28.3. The van der Waals surface area contributed by atoms with Crippen molar-refractivity contribution >= 4 is 23.2 Å². The minimum absolute atomic E-state index is 0.00594. The molecule has 1 aliphatic heterocycles. The Balaban J connectivity index is 1.18. The van der Waals surface area contributed by atoms with Gasteiger partial charge < -0.3 is 19.7 Å². The highest BCUT2D eigenvalue weighted by molar-refractivity contribution is 5.76. The number of ether oxygens (including phenoxy) is 2. The molecule has 3 aromatic carbocycles. The van der Waals surface area contributed by atoms with Crippen molar-refractivity contribution in [2.75, 3.05) is 26.2 Å². The third-order valence-electron chi connectivity index (χ3n) is 8.49. The smallest absolute Gasteiger partial charge is 0.409 e. The number of likely N-dealkylation sites (tertiary alicyclic amines) is 1. The van der Waals surface area contributed by atoms with Crippen molar-refractivity contribution in [3.05, 3.63) is 107 Å². The SMILES string of the molecule is CC(COC(=O)N1CCC(n2c(=O)n(CCNC(=O)OC(C)(C)C)c3ccccc32)CC1)N(Cc1ccccc1)Cc1ccccc1. The van der Waals surface area contributed by atoms with E-state index in [2.05, 4.69) is 41.4 Å². The number of carbonyl (C=O) groups is 2. The van der Waals surface area contributed by atoms with Crippen molar-refractivity contribution in [1.29, 1.82) is 0 Å². The molecule has 0 radical (unpaired) electrons. The molecule has 5 rings (SSSR count). The number of amides is 2. The third-order valence-corrected chi connectivity index (χ3v) is 8.49. The number of benzene rings is 3. The standard InChI is InChI=1S/C37H47N5O5/c1-28(40(25-29-13-7-5-8-14-29)26-30-15-9-6-10-16-30)27-46-36(45)39-22-19-31(20-23-39)42-33-18-12-11-17-32(33)41(35(42)44)24-21-38-34(43)47-37(2,3)4/h5-18,28,31H,19-27H2,1-4H3,(H,38,43). The third kappa shape index (κ3) is 9.04. The number of hydrogen-bond acceptors (Lipinski definition) is 6. The van der Waals surface area contributed by atoms with Crippen LogP contribution in [0.15, 0.2) is 89.7 Å². The average Bonchev–Trinajstić information content (AvgIpc) is 3.34. The summed E-state index contributed by atoms with van der Waals surface area (Å²) in [5, 5.41) is 2.75. The number of piperidine rings is 1. The van der Waals surface area contributed by atoms with Gasteiger partial charge in [-0.1, -0.05) is 72.8 Å². The zero-order chi connectivity index (χ0) is 33.4. The number of fused-ring (bicyclic) bond motifs is 1. The van der Waals surface area contributed by atoms with Gasteiger partial charge in [0, 0.05) is 51.4 Å². The summed E-state index contributed by atoms with van der Waals surface area (Å²) in [5.74, 6) is 0. The second-order valence-corrected chi connectivity index (χ2v) is 13.2. The molecule has 10 heteroatoms. The van der Waals surface area contributed by atoms with E-state index in [0.717, 1.165) is 24.1 Å². The number of para-hydroxylation sites is 2. The van der Waals surface area contributed by atoms with E-state index in [0.29, 0.717) is 32.5 Å². The molecule has 2 amide bonds. The highest BCUT2D eigenvalue weighted by atomic mass is 16.6. The molecule has 1 unspecified atom stereocenters. The van der Waals surface area contributed by atoms with Crippen LogP contribution in [0.4, 0.5) is 9.59 Å². The summed E-state index contributed by atoms with van der Waals surface area (Å²) in [4.78, 5) is 43.1. The second-order valence-electron chi connectivity index (χ2n) is 13.2. The number of rotatable bonds is 11. The summed E-state index contributed by atoms with van der Waals surface area (Å²) in [5.41, 5.74) is 3.36. The lowest BCUT2D eigenvalue weighted by Crippen LogP contribution is -2.43. The van der Waals surface area contributed by atoms with E-state index in [9.17, 15) is 14.4 Å². The van der Waals surface area contributed by atoms with Gasteiger partial charge in [-0.05, 0) is 63.8 Å². The van der Waals surface area contributed by atoms with Gasteiger partial charge in [0.1, 0.15) is 12.2 Å². The van der Waals surface area contributed by atoms with E-state index < -0.39 is 11.7 Å². The first-order valence-electron chi connectivity index (χ1n) is 16.5. The maximum absolute atomic E-state index is 13.7. The summed E-state index contributed by atoms with van der Waals surface area (Å²) < 4.78 is 14.7. The van der Waals surface area contributed by atoms with Crippen molar-refractivity contribution in [2.45, 2.75) is 77.9 Å². The highest BCUT2D eigenvalue weighted by Crippen LogP contribution is 2.26. The minimum atomic E-state index is -0.596. The van der Waals surface area contributed by atoms with E-state index in [4.69, 9.17) is 9.47 Å². The fourth-order valence-electron chi connectivity index (χ4n) is 6.08. The van der Waals surface area contributed by atoms with Crippen LogP contribution in [0.25, 0.3) is 11.0 Å². The Bertz CT molecular complexity index is 1630. The Labute approximate surface area is 276 Å². The van der Waals surface area contributed by atoms with E-state index in [1.165, 1.54) is 11.1 Å². The fourth-order valence-corrected chi connectivity index (χ4v) is 6.08. The topological polar surface area (TPSA) is 98.0 Å². The zero-order valence-electron chi connectivity index (χ0n) is 27.9. The second kappa shape index (κ2) is 15.3. The van der Waals surface area contributed by atoms with E-state index in [1.54, 1.807) is 9.47 Å². The lowest BCUT2D eigenvalue weighted by Gasteiger charge is -2.33. The number of carbonyl (C=O) groups excluding carboxylic acids is 2. The van der Waals surface area contributed by atoms with Crippen LogP contribution in [0, 0.1) is 0 Å². The molecule has 1 aromatic heterocycles. The first-order chi connectivity index (χ1) is 22.6. The summed E-state index contributed by atoms with van der Waals surface area (Å²) in [7, 11) is 0. The molecule has 1 fully saturated rings. The molecule has 1 saturated heterocycles. The van der Waals surface area contributed by atoms with Gasteiger partial charge in [-0.15, -0.1) is 0 Å². The lowest BCUT2D eigenvalue weighted by molar-refractivity contribution is 0.0524. The summed E-state index contributed by atoms with van der Waals surface area (Å²) >= 11 is 0. The largest absolute Gasteiger partial charge is 0.448 e. The van der Waals surface area contributed by atoms with Crippen molar-refractivity contribution in [1.82, 2.24) is 24.3 Å². The van der Waals surface area contributed by atoms with Crippen LogP contribution >= 0.6 is 0 Å². The molecule has 0 spiro atoms. The molecule has 1 N–H and O–H groups in total. The Morgan fingerprint density at radius 1 is 0.872 bits per heavy atom. The van der Waals surface area contributed by atoms with Gasteiger partial charge in [0.25, 0.3) is 0 Å². The monoisotopic (exact) mass is 641 g/mol. The van der Waals surface area contributed by atoms with Crippen LogP contribution in [0.5, 0.6) is 0 Å². The molecule has 1 aliphatic rings. The molecular weight excluding hydrogens is 594 g/mol. The van der Waals surface area contributed by atoms with Gasteiger partial charge >= 0.3 is 17.9 Å². The molecule has 2 heterocycles. The van der Waals surface area contributed by atoms with Crippen molar-refractivity contribution in [3.63, 3.8) is 0 Å². The van der Waals surface area contributed by atoms with Crippen LogP contribution in [-0.2, 0) is 29.1 Å². The molecule has 0 bridgehead atoms. The van der Waals surface area contributed by atoms with Crippen LogP contribution in [-0.4, -0.2) is 69.0 Å². The number of aromatic nitrogens is 2. The van der Waals surface area contributed by atoms with Crippen molar-refractivity contribution in [2.24, 2.45) is 0 Å². The van der Waals surface area contributed by atoms with Gasteiger partial charge in [-0.2, -0.15) is 0 Å². The van der Waals surface area contributed by atoms with Crippen LogP contribution < -0.4 is 11.0 Å². The number of hydrogen-bond donors (Lipinski definition) is 1. The molecule has 250 valence electrons. The molecule has 1 atom stereocenters. The maximum Gasteiger partial charge on any atom is 0.409 e. The van der Waals surface area contributed by atoms with Gasteiger partial charge in [0.15, 0.2) is 0 Å². The van der Waals surface area contributed by atoms with E-state index in [-0.39, 0.29) is 37.0 Å². The Morgan fingerprint density at radius 2 is 1.43 bits per heavy atom. The van der Waals surface area contributed by atoms with Crippen molar-refractivity contribution < 1.29 is 19.1 Å². The van der Waals surface area contributed by atoms with Gasteiger partial charge in [-0.3, -0.25) is 14.0 Å². The Hall–Kier alpha value is -4.57. The van der Waals surface area contributed by atoms with Crippen LogP contribution in [0.1, 0.15) is 57.7 Å². The molecule has 4 aromatic rings. The molecule has 0 aliphatic carbocycles. The maximum atomic E-state index is 13.7. The fraction of sp³-hybridized carbons (Fsp3) is 0.432. The molecule has 10 nitrogen and oxygen atoms in total. The predicted molar refractivity (Wildman–Crippen MR) is 183 cm³/mol. The number of alkyl carbamates (subject to hydrolysis) is 1. The zero-order valence-corrected chi connectivity index (χ0v) is 27.9. The molecule has 0 saturated carbocycles. The number of imidazole rings is 1. The van der Waals surface area contributed by atoms with Gasteiger partial charge in [-0.25, -0.2) is 14.4 Å².